The third kappa shape index (κ3) is 5.70. The molecule has 6 heteroatoms. The molecule has 0 aliphatic heterocycles. The quantitative estimate of drug-likeness (QED) is 0.815. The van der Waals surface area contributed by atoms with Gasteiger partial charge < -0.3 is 10.6 Å². The first-order chi connectivity index (χ1) is 7.63. The molecule has 1 amide bonds. The van der Waals surface area contributed by atoms with E-state index >= 15 is 0 Å². The van der Waals surface area contributed by atoms with Crippen molar-refractivity contribution in [2.75, 3.05) is 18.9 Å². The van der Waals surface area contributed by atoms with Gasteiger partial charge in [-0.3, -0.25) is 4.79 Å². The number of rotatable bonds is 6. The average Bonchev–Trinajstić information content (AvgIpc) is 2.62. The molecule has 0 spiro atoms. The third-order valence-electron chi connectivity index (χ3n) is 2.12. The molecule has 98 valence electrons. The van der Waals surface area contributed by atoms with E-state index in [4.69, 9.17) is 0 Å². The molecule has 1 rings (SSSR count). The van der Waals surface area contributed by atoms with Gasteiger partial charge in [0.2, 0.25) is 5.91 Å². The summed E-state index contributed by atoms with van der Waals surface area (Å²) in [5.74, 6) is 1.29. The lowest BCUT2D eigenvalue weighted by molar-refractivity contribution is -0.116. The van der Waals surface area contributed by atoms with Gasteiger partial charge in [-0.05, 0) is 13.0 Å². The Bertz CT molecular complexity index is 338. The topological polar surface area (TPSA) is 59.0 Å². The standard InChI is InChI=1S/C11H20N4O.ClH/c1-9(2)8-15-10(4-7-13-15)14-11(16)5-6-12-3;/h4,7,9,12H,5-6,8H2,1-3H3,(H,14,16);1H. The highest BCUT2D eigenvalue weighted by atomic mass is 35.5. The smallest absolute Gasteiger partial charge is 0.226 e. The van der Waals surface area contributed by atoms with Crippen LogP contribution in [-0.4, -0.2) is 29.3 Å². The van der Waals surface area contributed by atoms with Gasteiger partial charge in [0.1, 0.15) is 5.82 Å². The molecular formula is C11H21ClN4O. The van der Waals surface area contributed by atoms with Crippen LogP contribution in [0, 0.1) is 5.92 Å². The number of nitrogens with zero attached hydrogens (tertiary/aromatic N) is 2. The molecule has 0 atom stereocenters. The lowest BCUT2D eigenvalue weighted by atomic mass is 10.2. The van der Waals surface area contributed by atoms with Crippen LogP contribution in [0.4, 0.5) is 5.82 Å². The minimum Gasteiger partial charge on any atom is -0.319 e. The van der Waals surface area contributed by atoms with Gasteiger partial charge in [-0.1, -0.05) is 13.8 Å². The van der Waals surface area contributed by atoms with Crippen LogP contribution in [0.25, 0.3) is 0 Å². The Balaban J connectivity index is 0.00000256. The van der Waals surface area contributed by atoms with E-state index in [-0.39, 0.29) is 18.3 Å². The molecule has 5 nitrogen and oxygen atoms in total. The molecule has 1 heterocycles. The summed E-state index contributed by atoms with van der Waals surface area (Å²) in [4.78, 5) is 11.5. The van der Waals surface area contributed by atoms with Crippen LogP contribution in [0.15, 0.2) is 12.3 Å². The van der Waals surface area contributed by atoms with Crippen LogP contribution < -0.4 is 10.6 Å². The zero-order valence-corrected chi connectivity index (χ0v) is 11.4. The predicted octanol–water partition coefficient (Wildman–Crippen LogP) is 1.51. The molecule has 0 saturated heterocycles. The van der Waals surface area contributed by atoms with Crippen molar-refractivity contribution in [2.45, 2.75) is 26.8 Å². The number of hydrogen-bond acceptors (Lipinski definition) is 3. The van der Waals surface area contributed by atoms with Crippen molar-refractivity contribution < 1.29 is 4.79 Å². The summed E-state index contributed by atoms with van der Waals surface area (Å²) >= 11 is 0. The van der Waals surface area contributed by atoms with E-state index in [9.17, 15) is 4.79 Å². The zero-order valence-electron chi connectivity index (χ0n) is 10.6. The first-order valence-corrected chi connectivity index (χ1v) is 5.59. The van der Waals surface area contributed by atoms with Crippen molar-refractivity contribution in [3.8, 4) is 0 Å². The van der Waals surface area contributed by atoms with Crippen molar-refractivity contribution >= 4 is 24.1 Å². The summed E-state index contributed by atoms with van der Waals surface area (Å²) in [6, 6.07) is 1.82. The summed E-state index contributed by atoms with van der Waals surface area (Å²) in [5.41, 5.74) is 0. The first-order valence-electron chi connectivity index (χ1n) is 5.59. The van der Waals surface area contributed by atoms with Gasteiger partial charge in [-0.2, -0.15) is 5.10 Å². The lowest BCUT2D eigenvalue weighted by Gasteiger charge is -2.10. The number of halogens is 1. The Hall–Kier alpha value is -1.07. The van der Waals surface area contributed by atoms with E-state index in [2.05, 4.69) is 29.6 Å². The molecule has 0 aromatic carbocycles. The molecule has 0 unspecified atom stereocenters. The van der Waals surface area contributed by atoms with Gasteiger partial charge in [0.05, 0.1) is 6.20 Å². The normalized spacial score (nSPS) is 10.1. The molecule has 0 radical (unpaired) electrons. The molecule has 0 saturated carbocycles. The fourth-order valence-electron chi connectivity index (χ4n) is 1.37. The molecule has 17 heavy (non-hydrogen) atoms. The van der Waals surface area contributed by atoms with Gasteiger partial charge in [-0.15, -0.1) is 12.4 Å². The fraction of sp³-hybridized carbons (Fsp3) is 0.636. The van der Waals surface area contributed by atoms with Crippen LogP contribution in [-0.2, 0) is 11.3 Å². The average molecular weight is 261 g/mol. The Kier molecular flexibility index (Phi) is 7.58. The van der Waals surface area contributed by atoms with E-state index in [0.29, 0.717) is 18.9 Å². The van der Waals surface area contributed by atoms with Crippen LogP contribution in [0.1, 0.15) is 20.3 Å². The highest BCUT2D eigenvalue weighted by molar-refractivity contribution is 5.89. The number of aromatic nitrogens is 2. The van der Waals surface area contributed by atoms with Crippen LogP contribution in [0.2, 0.25) is 0 Å². The molecular weight excluding hydrogens is 240 g/mol. The van der Waals surface area contributed by atoms with Crippen LogP contribution in [0.5, 0.6) is 0 Å². The molecule has 1 aromatic heterocycles. The highest BCUT2D eigenvalue weighted by Gasteiger charge is 2.07. The summed E-state index contributed by atoms with van der Waals surface area (Å²) < 4.78 is 1.82. The van der Waals surface area contributed by atoms with Crippen LogP contribution in [0.3, 0.4) is 0 Å². The first kappa shape index (κ1) is 15.9. The van der Waals surface area contributed by atoms with Gasteiger partial charge in [0, 0.05) is 25.6 Å². The molecule has 0 bridgehead atoms. The van der Waals surface area contributed by atoms with Crippen molar-refractivity contribution in [1.29, 1.82) is 0 Å². The second-order valence-electron chi connectivity index (χ2n) is 4.19. The predicted molar refractivity (Wildman–Crippen MR) is 71.5 cm³/mol. The number of amides is 1. The maximum absolute atomic E-state index is 11.5. The van der Waals surface area contributed by atoms with Crippen LogP contribution >= 0.6 is 12.4 Å². The second-order valence-corrected chi connectivity index (χ2v) is 4.19. The van der Waals surface area contributed by atoms with Crippen molar-refractivity contribution in [3.05, 3.63) is 12.3 Å². The van der Waals surface area contributed by atoms with Gasteiger partial charge in [0.15, 0.2) is 0 Å². The summed E-state index contributed by atoms with van der Waals surface area (Å²) in [6.07, 6.45) is 2.18. The Morgan fingerprint density at radius 1 is 1.53 bits per heavy atom. The summed E-state index contributed by atoms with van der Waals surface area (Å²) in [7, 11) is 1.83. The highest BCUT2D eigenvalue weighted by Crippen LogP contribution is 2.09. The maximum Gasteiger partial charge on any atom is 0.226 e. The number of anilines is 1. The number of nitrogens with one attached hydrogen (secondary N) is 2. The molecule has 0 aliphatic rings. The van der Waals surface area contributed by atoms with E-state index in [1.54, 1.807) is 6.20 Å². The molecule has 0 aliphatic carbocycles. The SMILES string of the molecule is CNCCC(=O)Nc1ccnn1CC(C)C.Cl. The second kappa shape index (κ2) is 8.08. The Labute approximate surface area is 108 Å². The summed E-state index contributed by atoms with van der Waals surface area (Å²) in [5, 5.41) is 9.97. The van der Waals surface area contributed by atoms with Gasteiger partial charge >= 0.3 is 0 Å². The van der Waals surface area contributed by atoms with Gasteiger partial charge in [0.25, 0.3) is 0 Å². The largest absolute Gasteiger partial charge is 0.319 e. The zero-order chi connectivity index (χ0) is 12.0. The van der Waals surface area contributed by atoms with Gasteiger partial charge in [-0.25, -0.2) is 4.68 Å². The van der Waals surface area contributed by atoms with Crippen molar-refractivity contribution in [1.82, 2.24) is 15.1 Å². The Morgan fingerprint density at radius 3 is 2.82 bits per heavy atom. The number of hydrogen-bond donors (Lipinski definition) is 2. The third-order valence-corrected chi connectivity index (χ3v) is 2.12. The van der Waals surface area contributed by atoms with E-state index in [1.807, 2.05) is 17.8 Å². The monoisotopic (exact) mass is 260 g/mol. The minimum atomic E-state index is 0. The molecule has 1 aromatic rings. The fourth-order valence-corrected chi connectivity index (χ4v) is 1.37. The maximum atomic E-state index is 11.5. The number of carbonyl (C=O) groups excluding carboxylic acids is 1. The lowest BCUT2D eigenvalue weighted by Crippen LogP contribution is -2.21. The van der Waals surface area contributed by atoms with E-state index in [1.165, 1.54) is 0 Å². The van der Waals surface area contributed by atoms with E-state index < -0.39 is 0 Å². The molecule has 0 fully saturated rings. The minimum absolute atomic E-state index is 0. The Morgan fingerprint density at radius 2 is 2.24 bits per heavy atom. The molecule has 2 N–H and O–H groups in total. The van der Waals surface area contributed by atoms with Crippen molar-refractivity contribution in [3.63, 3.8) is 0 Å². The van der Waals surface area contributed by atoms with Crippen molar-refractivity contribution in [2.24, 2.45) is 5.92 Å². The summed E-state index contributed by atoms with van der Waals surface area (Å²) in [6.45, 7) is 5.74. The number of carbonyl (C=O) groups is 1. The van der Waals surface area contributed by atoms with E-state index in [0.717, 1.165) is 12.4 Å².